The van der Waals surface area contributed by atoms with E-state index in [4.69, 9.17) is 0 Å². The summed E-state index contributed by atoms with van der Waals surface area (Å²) in [5.41, 5.74) is 1.33. The van der Waals surface area contributed by atoms with Gasteiger partial charge in [0.15, 0.2) is 15.8 Å². The molecule has 5 nitrogen and oxygen atoms in total. The molecular formula is C17H27N3O2S. The van der Waals surface area contributed by atoms with Gasteiger partial charge in [0.05, 0.1) is 4.90 Å². The van der Waals surface area contributed by atoms with Gasteiger partial charge < -0.3 is 10.2 Å². The zero-order valence-electron chi connectivity index (χ0n) is 14.8. The summed E-state index contributed by atoms with van der Waals surface area (Å²) >= 11 is 0. The van der Waals surface area contributed by atoms with Crippen LogP contribution in [0, 0.1) is 5.41 Å². The maximum Gasteiger partial charge on any atom is 0.194 e. The second-order valence-corrected chi connectivity index (χ2v) is 9.36. The van der Waals surface area contributed by atoms with Crippen molar-refractivity contribution in [3.63, 3.8) is 0 Å². The normalized spacial score (nSPS) is 20.1. The number of nitrogens with one attached hydrogen (secondary N) is 1. The Morgan fingerprint density at radius 3 is 2.17 bits per heavy atom. The molecule has 0 saturated carbocycles. The molecule has 128 valence electrons. The predicted octanol–water partition coefficient (Wildman–Crippen LogP) is 2.29. The third-order valence-electron chi connectivity index (χ3n) is 5.15. The Hall–Kier alpha value is -1.56. The minimum Gasteiger partial charge on any atom is -0.352 e. The lowest BCUT2D eigenvalue weighted by Gasteiger charge is -2.62. The molecule has 1 heterocycles. The van der Waals surface area contributed by atoms with Crippen LogP contribution in [0.15, 0.2) is 34.2 Å². The van der Waals surface area contributed by atoms with Crippen molar-refractivity contribution in [2.75, 3.05) is 19.8 Å². The van der Waals surface area contributed by atoms with E-state index in [1.165, 1.54) is 6.26 Å². The highest BCUT2D eigenvalue weighted by molar-refractivity contribution is 7.90. The van der Waals surface area contributed by atoms with Gasteiger partial charge in [-0.25, -0.2) is 8.42 Å². The minimum atomic E-state index is -3.14. The molecule has 1 saturated heterocycles. The van der Waals surface area contributed by atoms with Crippen LogP contribution < -0.4 is 5.32 Å². The third kappa shape index (κ3) is 3.37. The molecule has 2 rings (SSSR count). The molecule has 23 heavy (non-hydrogen) atoms. The lowest BCUT2D eigenvalue weighted by Crippen LogP contribution is -2.72. The molecule has 0 radical (unpaired) electrons. The number of nitrogens with zero attached hydrogens (tertiary/aromatic N) is 2. The Morgan fingerprint density at radius 2 is 1.78 bits per heavy atom. The summed E-state index contributed by atoms with van der Waals surface area (Å²) in [7, 11) is -1.36. The van der Waals surface area contributed by atoms with Crippen LogP contribution in [0.5, 0.6) is 0 Å². The van der Waals surface area contributed by atoms with Crippen LogP contribution in [0.3, 0.4) is 0 Å². The first-order valence-corrected chi connectivity index (χ1v) is 9.65. The van der Waals surface area contributed by atoms with Gasteiger partial charge in [-0.15, -0.1) is 0 Å². The number of likely N-dealkylation sites (tertiary alicyclic amines) is 1. The van der Waals surface area contributed by atoms with Crippen molar-refractivity contribution >= 4 is 15.8 Å². The molecule has 1 aliphatic rings. The number of hydrogen-bond donors (Lipinski definition) is 1. The second kappa shape index (κ2) is 5.82. The van der Waals surface area contributed by atoms with Crippen molar-refractivity contribution in [3.05, 3.63) is 29.8 Å². The second-order valence-electron chi connectivity index (χ2n) is 7.35. The van der Waals surface area contributed by atoms with Crippen LogP contribution >= 0.6 is 0 Å². The molecule has 1 fully saturated rings. The SMILES string of the molecule is CN=C(NCc1ccc(S(C)(=O)=O)cc1)N1CC(C)(C)C1(C)C. The smallest absolute Gasteiger partial charge is 0.194 e. The van der Waals surface area contributed by atoms with Crippen LogP contribution in [0.2, 0.25) is 0 Å². The average molecular weight is 337 g/mol. The molecule has 6 heteroatoms. The summed E-state index contributed by atoms with van der Waals surface area (Å²) in [5, 5.41) is 3.37. The van der Waals surface area contributed by atoms with E-state index in [0.29, 0.717) is 11.4 Å². The summed E-state index contributed by atoms with van der Waals surface area (Å²) < 4.78 is 23.0. The summed E-state index contributed by atoms with van der Waals surface area (Å²) in [6, 6.07) is 6.96. The number of rotatable bonds is 3. The van der Waals surface area contributed by atoms with Crippen molar-refractivity contribution in [2.24, 2.45) is 10.4 Å². The monoisotopic (exact) mass is 337 g/mol. The van der Waals surface area contributed by atoms with Gasteiger partial charge in [-0.1, -0.05) is 26.0 Å². The average Bonchev–Trinajstić information content (AvgIpc) is 2.46. The molecular weight excluding hydrogens is 310 g/mol. The minimum absolute atomic E-state index is 0.0506. The molecule has 0 spiro atoms. The van der Waals surface area contributed by atoms with Crippen molar-refractivity contribution in [3.8, 4) is 0 Å². The van der Waals surface area contributed by atoms with Crippen LogP contribution in [-0.4, -0.2) is 44.7 Å². The van der Waals surface area contributed by atoms with Crippen LogP contribution in [0.1, 0.15) is 33.3 Å². The molecule has 1 aromatic rings. The first kappa shape index (κ1) is 17.8. The molecule has 0 unspecified atom stereocenters. The molecule has 0 aromatic heterocycles. The van der Waals surface area contributed by atoms with E-state index in [0.717, 1.165) is 18.1 Å². The molecule has 1 aromatic carbocycles. The van der Waals surface area contributed by atoms with Gasteiger partial charge >= 0.3 is 0 Å². The lowest BCUT2D eigenvalue weighted by molar-refractivity contribution is -0.0667. The number of benzene rings is 1. The maximum atomic E-state index is 11.5. The van der Waals surface area contributed by atoms with Crippen molar-refractivity contribution < 1.29 is 8.42 Å². The summed E-state index contributed by atoms with van der Waals surface area (Å²) in [6.07, 6.45) is 1.22. The van der Waals surface area contributed by atoms with Gasteiger partial charge in [0, 0.05) is 37.3 Å². The van der Waals surface area contributed by atoms with Crippen LogP contribution in [-0.2, 0) is 16.4 Å². The fraction of sp³-hybridized carbons (Fsp3) is 0.588. The van der Waals surface area contributed by atoms with E-state index in [2.05, 4.69) is 42.9 Å². The Balaban J connectivity index is 2.03. The van der Waals surface area contributed by atoms with Gasteiger partial charge in [0.1, 0.15) is 0 Å². The predicted molar refractivity (Wildman–Crippen MR) is 94.3 cm³/mol. The van der Waals surface area contributed by atoms with Crippen molar-refractivity contribution in [1.29, 1.82) is 0 Å². The van der Waals surface area contributed by atoms with Gasteiger partial charge in [0.25, 0.3) is 0 Å². The van der Waals surface area contributed by atoms with E-state index in [-0.39, 0.29) is 11.0 Å². The summed E-state index contributed by atoms with van der Waals surface area (Å²) in [6.45, 7) is 10.6. The number of hydrogen-bond acceptors (Lipinski definition) is 3. The van der Waals surface area contributed by atoms with Crippen molar-refractivity contribution in [1.82, 2.24) is 10.2 Å². The van der Waals surface area contributed by atoms with E-state index < -0.39 is 9.84 Å². The highest BCUT2D eigenvalue weighted by atomic mass is 32.2. The first-order valence-electron chi connectivity index (χ1n) is 7.76. The topological polar surface area (TPSA) is 61.8 Å². The van der Waals surface area contributed by atoms with E-state index in [9.17, 15) is 8.42 Å². The Bertz CT molecular complexity index is 704. The van der Waals surface area contributed by atoms with E-state index >= 15 is 0 Å². The fourth-order valence-corrected chi connectivity index (χ4v) is 3.36. The lowest BCUT2D eigenvalue weighted by atomic mass is 9.65. The maximum absolute atomic E-state index is 11.5. The first-order chi connectivity index (χ1) is 10.5. The summed E-state index contributed by atoms with van der Waals surface area (Å²) in [5.74, 6) is 0.876. The highest BCUT2D eigenvalue weighted by Gasteiger charge is 2.53. The van der Waals surface area contributed by atoms with Crippen molar-refractivity contribution in [2.45, 2.75) is 44.7 Å². The van der Waals surface area contributed by atoms with E-state index in [1.54, 1.807) is 19.2 Å². The van der Waals surface area contributed by atoms with Gasteiger partial charge in [0.2, 0.25) is 0 Å². The molecule has 1 N–H and O–H groups in total. The quantitative estimate of drug-likeness (QED) is 0.679. The largest absolute Gasteiger partial charge is 0.352 e. The standard InChI is InChI=1S/C17H27N3O2S/c1-16(2)12-20(17(16,3)4)15(18-5)19-11-13-7-9-14(10-8-13)23(6,21)22/h7-10H,11-12H2,1-6H3,(H,18,19). The molecule has 0 atom stereocenters. The molecule has 0 bridgehead atoms. The Morgan fingerprint density at radius 1 is 1.22 bits per heavy atom. The van der Waals surface area contributed by atoms with E-state index in [1.807, 2.05) is 12.1 Å². The number of aliphatic imine (C=N–C) groups is 1. The van der Waals surface area contributed by atoms with Crippen LogP contribution in [0.4, 0.5) is 0 Å². The zero-order chi connectivity index (χ0) is 17.5. The van der Waals surface area contributed by atoms with Gasteiger partial charge in [-0.2, -0.15) is 0 Å². The summed E-state index contributed by atoms with van der Waals surface area (Å²) in [4.78, 5) is 7.00. The van der Waals surface area contributed by atoms with Gasteiger partial charge in [-0.3, -0.25) is 4.99 Å². The highest BCUT2D eigenvalue weighted by Crippen LogP contribution is 2.46. The Labute approximate surface area is 139 Å². The Kier molecular flexibility index (Phi) is 4.50. The molecule has 0 amide bonds. The fourth-order valence-electron chi connectivity index (χ4n) is 2.73. The zero-order valence-corrected chi connectivity index (χ0v) is 15.7. The number of sulfone groups is 1. The number of guanidine groups is 1. The van der Waals surface area contributed by atoms with Crippen LogP contribution in [0.25, 0.3) is 0 Å². The van der Waals surface area contributed by atoms with Gasteiger partial charge in [-0.05, 0) is 31.5 Å². The molecule has 1 aliphatic heterocycles. The molecule has 0 aliphatic carbocycles. The third-order valence-corrected chi connectivity index (χ3v) is 6.28.